The zero-order valence-corrected chi connectivity index (χ0v) is 16.9. The summed E-state index contributed by atoms with van der Waals surface area (Å²) in [6.07, 6.45) is 3.73. The van der Waals surface area contributed by atoms with Gasteiger partial charge in [0.15, 0.2) is 11.5 Å². The van der Waals surface area contributed by atoms with Crippen molar-refractivity contribution < 1.29 is 24.5 Å². The molecule has 2 aromatic carbocycles. The van der Waals surface area contributed by atoms with Crippen LogP contribution in [0, 0.1) is 13.8 Å². The van der Waals surface area contributed by atoms with Crippen LogP contribution in [0.25, 0.3) is 11.1 Å². The maximum Gasteiger partial charge on any atom is 0.348 e. The van der Waals surface area contributed by atoms with Gasteiger partial charge >= 0.3 is 5.97 Å². The van der Waals surface area contributed by atoms with Gasteiger partial charge < -0.3 is 19.7 Å². The van der Waals surface area contributed by atoms with E-state index in [2.05, 4.69) is 0 Å². The number of allylic oxidation sites excluding steroid dienone is 4. The molecule has 0 aliphatic carbocycles. The van der Waals surface area contributed by atoms with Crippen LogP contribution in [0.3, 0.4) is 0 Å². The first-order valence-electron chi connectivity index (χ1n) is 9.10. The van der Waals surface area contributed by atoms with E-state index in [1.165, 1.54) is 0 Å². The highest BCUT2D eigenvalue weighted by Gasteiger charge is 2.32. The second kappa shape index (κ2) is 7.08. The van der Waals surface area contributed by atoms with Crippen molar-refractivity contribution >= 4 is 17.1 Å². The fraction of sp³-hybridized carbons (Fsp3) is 0.261. The first kappa shape index (κ1) is 19.5. The van der Waals surface area contributed by atoms with Gasteiger partial charge in [0.2, 0.25) is 0 Å². The van der Waals surface area contributed by atoms with Crippen molar-refractivity contribution in [3.05, 3.63) is 52.1 Å². The number of aromatic hydroxyl groups is 2. The minimum absolute atomic E-state index is 0.0155. The molecule has 0 bridgehead atoms. The van der Waals surface area contributed by atoms with Crippen LogP contribution >= 0.6 is 0 Å². The van der Waals surface area contributed by atoms with Gasteiger partial charge in [-0.15, -0.1) is 0 Å². The molecule has 2 aromatic rings. The maximum atomic E-state index is 13.1. The van der Waals surface area contributed by atoms with E-state index in [-0.39, 0.29) is 28.6 Å². The van der Waals surface area contributed by atoms with Crippen molar-refractivity contribution in [2.75, 3.05) is 0 Å². The third-order valence-corrected chi connectivity index (χ3v) is 5.28. The molecular formula is C23H24O5. The first-order chi connectivity index (χ1) is 13.2. The Morgan fingerprint density at radius 1 is 0.821 bits per heavy atom. The third-order valence-electron chi connectivity index (χ3n) is 5.28. The summed E-state index contributed by atoms with van der Waals surface area (Å²) < 4.78 is 11.9. The summed E-state index contributed by atoms with van der Waals surface area (Å²) in [6.45, 7) is 10.8. The number of ether oxygens (including phenoxy) is 2. The van der Waals surface area contributed by atoms with Crippen molar-refractivity contribution in [3.63, 3.8) is 0 Å². The molecule has 1 aliphatic heterocycles. The quantitative estimate of drug-likeness (QED) is 0.502. The van der Waals surface area contributed by atoms with Gasteiger partial charge in [0.1, 0.15) is 22.8 Å². The molecule has 146 valence electrons. The highest BCUT2D eigenvalue weighted by Crippen LogP contribution is 2.50. The summed E-state index contributed by atoms with van der Waals surface area (Å²) in [5.41, 5.74) is 3.94. The van der Waals surface area contributed by atoms with Crippen LogP contribution in [0.15, 0.2) is 24.3 Å². The molecule has 3 rings (SSSR count). The van der Waals surface area contributed by atoms with Gasteiger partial charge in [-0.1, -0.05) is 12.2 Å². The van der Waals surface area contributed by atoms with E-state index in [1.807, 2.05) is 39.8 Å². The van der Waals surface area contributed by atoms with Crippen LogP contribution in [0.4, 0.5) is 0 Å². The summed E-state index contributed by atoms with van der Waals surface area (Å²) in [7, 11) is 0. The van der Waals surface area contributed by atoms with E-state index in [0.717, 1.165) is 11.1 Å². The molecule has 0 saturated heterocycles. The number of carbonyl (C=O) groups excluding carboxylic acids is 1. The van der Waals surface area contributed by atoms with Crippen molar-refractivity contribution in [1.29, 1.82) is 0 Å². The number of fused-ring (bicyclic) bond motifs is 2. The lowest BCUT2D eigenvalue weighted by Crippen LogP contribution is -2.11. The Balaban J connectivity index is 2.41. The van der Waals surface area contributed by atoms with Gasteiger partial charge in [0.05, 0.1) is 0 Å². The molecule has 0 atom stereocenters. The van der Waals surface area contributed by atoms with Crippen LogP contribution in [0.2, 0.25) is 0 Å². The number of carbonyl (C=O) groups is 1. The van der Waals surface area contributed by atoms with Crippen molar-refractivity contribution in [2.45, 2.75) is 41.5 Å². The number of esters is 1. The molecule has 0 radical (unpaired) electrons. The summed E-state index contributed by atoms with van der Waals surface area (Å²) >= 11 is 0. The third kappa shape index (κ3) is 2.93. The van der Waals surface area contributed by atoms with Crippen LogP contribution in [0.5, 0.6) is 28.7 Å². The predicted molar refractivity (Wildman–Crippen MR) is 109 cm³/mol. The maximum absolute atomic E-state index is 13.1. The van der Waals surface area contributed by atoms with Crippen molar-refractivity contribution in [1.82, 2.24) is 0 Å². The van der Waals surface area contributed by atoms with Crippen LogP contribution in [0.1, 0.15) is 60.3 Å². The van der Waals surface area contributed by atoms with Gasteiger partial charge in [0.25, 0.3) is 0 Å². The fourth-order valence-electron chi connectivity index (χ4n) is 3.18. The Morgan fingerprint density at radius 2 is 1.32 bits per heavy atom. The average Bonchev–Trinajstić information content (AvgIpc) is 2.83. The summed E-state index contributed by atoms with van der Waals surface area (Å²) in [4.78, 5) is 13.1. The number of phenols is 2. The van der Waals surface area contributed by atoms with E-state index in [0.29, 0.717) is 28.0 Å². The molecular weight excluding hydrogens is 356 g/mol. The van der Waals surface area contributed by atoms with Gasteiger partial charge in [-0.05, 0) is 70.4 Å². The molecule has 0 saturated carbocycles. The Kier molecular flexibility index (Phi) is 4.94. The summed E-state index contributed by atoms with van der Waals surface area (Å²) in [6, 6.07) is 3.14. The second-order valence-electron chi connectivity index (χ2n) is 6.93. The Morgan fingerprint density at radius 3 is 1.89 bits per heavy atom. The van der Waals surface area contributed by atoms with E-state index in [4.69, 9.17) is 9.47 Å². The number of phenolic OH excluding ortho intramolecular Hbond substituents is 2. The lowest BCUT2D eigenvalue weighted by atomic mass is 9.96. The van der Waals surface area contributed by atoms with Crippen molar-refractivity contribution in [2.24, 2.45) is 0 Å². The number of hydrogen-bond acceptors (Lipinski definition) is 5. The molecule has 28 heavy (non-hydrogen) atoms. The predicted octanol–water partition coefficient (Wildman–Crippen LogP) is 5.89. The zero-order valence-electron chi connectivity index (χ0n) is 16.9. The molecule has 5 heteroatoms. The Bertz CT molecular complexity index is 1060. The second-order valence-corrected chi connectivity index (χ2v) is 6.93. The topological polar surface area (TPSA) is 76.0 Å². The molecule has 5 nitrogen and oxygen atoms in total. The fourth-order valence-corrected chi connectivity index (χ4v) is 3.18. The number of rotatable bonds is 2. The lowest BCUT2D eigenvalue weighted by molar-refractivity contribution is 0.0735. The molecule has 1 heterocycles. The van der Waals surface area contributed by atoms with Gasteiger partial charge in [-0.3, -0.25) is 0 Å². The molecule has 0 spiro atoms. The van der Waals surface area contributed by atoms with Crippen LogP contribution < -0.4 is 9.47 Å². The zero-order chi connectivity index (χ0) is 20.7. The molecule has 0 fully saturated rings. The van der Waals surface area contributed by atoms with E-state index in [1.54, 1.807) is 26.0 Å². The molecule has 0 aromatic heterocycles. The van der Waals surface area contributed by atoms with E-state index >= 15 is 0 Å². The number of hydrogen-bond donors (Lipinski definition) is 2. The number of benzene rings is 2. The molecule has 0 unspecified atom stereocenters. The molecule has 2 N–H and O–H groups in total. The minimum Gasteiger partial charge on any atom is -0.508 e. The van der Waals surface area contributed by atoms with Gasteiger partial charge in [-0.2, -0.15) is 0 Å². The molecule has 0 amide bonds. The largest absolute Gasteiger partial charge is 0.508 e. The van der Waals surface area contributed by atoms with E-state index in [9.17, 15) is 15.0 Å². The Hall–Kier alpha value is -3.21. The molecule has 1 aliphatic rings. The van der Waals surface area contributed by atoms with E-state index < -0.39 is 5.97 Å². The van der Waals surface area contributed by atoms with Crippen LogP contribution in [-0.2, 0) is 0 Å². The van der Waals surface area contributed by atoms with Gasteiger partial charge in [-0.25, -0.2) is 4.79 Å². The standard InChI is InChI=1S/C23H24O5/c1-7-11(3)15-9-17(24)13(5)20-19(15)23(26)28-21-14(6)18(25)10-16(12(4)8-2)22(21)27-20/h7-10,24-25H,1-6H3/b11-7+,12-8-. The van der Waals surface area contributed by atoms with Crippen molar-refractivity contribution in [3.8, 4) is 28.7 Å². The van der Waals surface area contributed by atoms with Crippen LogP contribution in [-0.4, -0.2) is 16.2 Å². The monoisotopic (exact) mass is 380 g/mol. The highest BCUT2D eigenvalue weighted by molar-refractivity contribution is 6.02. The SMILES string of the molecule is C/C=C(/C)c1cc(O)c(C)c2c1Oc1c(C)c(O)cc(/C(C)=C/C)c1C(=O)O2. The lowest BCUT2D eigenvalue weighted by Gasteiger charge is -2.17. The summed E-state index contributed by atoms with van der Waals surface area (Å²) in [5.74, 6) is 0.241. The minimum atomic E-state index is -0.592. The normalized spacial score (nSPS) is 14.0. The van der Waals surface area contributed by atoms with Gasteiger partial charge in [0, 0.05) is 16.7 Å². The summed E-state index contributed by atoms with van der Waals surface area (Å²) in [5, 5.41) is 20.8. The average molecular weight is 380 g/mol. The smallest absolute Gasteiger partial charge is 0.348 e. The Labute approximate surface area is 164 Å². The highest BCUT2D eigenvalue weighted by atomic mass is 16.6. The first-order valence-corrected chi connectivity index (χ1v) is 9.10.